The molecule has 0 amide bonds. The highest BCUT2D eigenvalue weighted by Crippen LogP contribution is 2.30. The molecule has 19 heavy (non-hydrogen) atoms. The number of pyridine rings is 1. The van der Waals surface area contributed by atoms with Gasteiger partial charge in [0.1, 0.15) is 10.8 Å². The number of hydrogen-bond acceptors (Lipinski definition) is 3. The van der Waals surface area contributed by atoms with Crippen molar-refractivity contribution in [1.82, 2.24) is 4.98 Å². The number of carboxylic acids is 1. The number of carboxylic acid groups (broad SMARTS) is 1. The summed E-state index contributed by atoms with van der Waals surface area (Å²) in [6.45, 7) is 3.56. The molecule has 0 saturated carbocycles. The Morgan fingerprint density at radius 3 is 2.47 bits per heavy atom. The average Bonchev–Trinajstić information content (AvgIpc) is 2.30. The largest absolute Gasteiger partial charge is 0.478 e. The summed E-state index contributed by atoms with van der Waals surface area (Å²) < 4.78 is 12.8. The Morgan fingerprint density at radius 2 is 1.89 bits per heavy atom. The van der Waals surface area contributed by atoms with Crippen LogP contribution in [-0.4, -0.2) is 16.1 Å². The SMILES string of the molecule is Cc1cc(C)c(C(=O)O)c(Sc2ccc(F)cc2)n1. The van der Waals surface area contributed by atoms with Crippen molar-refractivity contribution >= 4 is 17.7 Å². The third-order valence-corrected chi connectivity index (χ3v) is 3.55. The van der Waals surface area contributed by atoms with Crippen LogP contribution in [0.3, 0.4) is 0 Å². The second-order valence-corrected chi connectivity index (χ2v) is 5.18. The molecule has 1 aromatic carbocycles. The van der Waals surface area contributed by atoms with Crippen LogP contribution in [0.25, 0.3) is 0 Å². The third-order valence-electron chi connectivity index (χ3n) is 2.55. The fourth-order valence-electron chi connectivity index (χ4n) is 1.75. The first-order valence-electron chi connectivity index (χ1n) is 5.62. The number of halogens is 1. The zero-order chi connectivity index (χ0) is 14.0. The van der Waals surface area contributed by atoms with E-state index in [1.807, 2.05) is 6.92 Å². The number of nitrogens with zero attached hydrogens (tertiary/aromatic N) is 1. The van der Waals surface area contributed by atoms with Crippen LogP contribution in [0.2, 0.25) is 0 Å². The topological polar surface area (TPSA) is 50.2 Å². The number of hydrogen-bond donors (Lipinski definition) is 1. The molecule has 0 fully saturated rings. The zero-order valence-corrected chi connectivity index (χ0v) is 11.3. The summed E-state index contributed by atoms with van der Waals surface area (Å²) in [6.07, 6.45) is 0. The number of aromatic nitrogens is 1. The van der Waals surface area contributed by atoms with E-state index < -0.39 is 5.97 Å². The van der Waals surface area contributed by atoms with Gasteiger partial charge in [0, 0.05) is 10.6 Å². The van der Waals surface area contributed by atoms with Crippen molar-refractivity contribution in [2.24, 2.45) is 0 Å². The summed E-state index contributed by atoms with van der Waals surface area (Å²) in [5.74, 6) is -1.33. The van der Waals surface area contributed by atoms with Gasteiger partial charge in [-0.25, -0.2) is 14.2 Å². The first kappa shape index (κ1) is 13.5. The fraction of sp³-hybridized carbons (Fsp3) is 0.143. The number of carbonyl (C=O) groups is 1. The Bertz CT molecular complexity index is 626. The van der Waals surface area contributed by atoms with Crippen molar-refractivity contribution in [3.05, 3.63) is 53.0 Å². The molecule has 0 aliphatic heterocycles. The molecule has 0 unspecified atom stereocenters. The lowest BCUT2D eigenvalue weighted by atomic mass is 10.1. The Morgan fingerprint density at radius 1 is 1.26 bits per heavy atom. The predicted molar refractivity (Wildman–Crippen MR) is 71.2 cm³/mol. The molecule has 1 heterocycles. The Kier molecular flexibility index (Phi) is 3.85. The van der Waals surface area contributed by atoms with Crippen molar-refractivity contribution in [1.29, 1.82) is 0 Å². The lowest BCUT2D eigenvalue weighted by molar-refractivity contribution is 0.0691. The van der Waals surface area contributed by atoms with Crippen LogP contribution in [0.5, 0.6) is 0 Å². The van der Waals surface area contributed by atoms with Gasteiger partial charge in [0.25, 0.3) is 0 Å². The second kappa shape index (κ2) is 5.40. The van der Waals surface area contributed by atoms with Gasteiger partial charge in [-0.05, 0) is 49.7 Å². The van der Waals surface area contributed by atoms with Gasteiger partial charge < -0.3 is 5.11 Å². The molecule has 2 rings (SSSR count). The van der Waals surface area contributed by atoms with E-state index in [4.69, 9.17) is 0 Å². The Hall–Kier alpha value is -1.88. The first-order valence-corrected chi connectivity index (χ1v) is 6.44. The predicted octanol–water partition coefficient (Wildman–Crippen LogP) is 3.69. The highest BCUT2D eigenvalue weighted by atomic mass is 32.2. The maximum Gasteiger partial charge on any atom is 0.338 e. The quantitative estimate of drug-likeness (QED) is 0.929. The molecule has 0 radical (unpaired) electrons. The van der Waals surface area contributed by atoms with Crippen LogP contribution in [0.4, 0.5) is 4.39 Å². The van der Waals surface area contributed by atoms with Crippen LogP contribution < -0.4 is 0 Å². The number of aryl methyl sites for hydroxylation is 2. The van der Waals surface area contributed by atoms with Gasteiger partial charge in [-0.15, -0.1) is 0 Å². The molecule has 1 N–H and O–H groups in total. The molecule has 0 bridgehead atoms. The average molecular weight is 277 g/mol. The van der Waals surface area contributed by atoms with Gasteiger partial charge >= 0.3 is 5.97 Å². The monoisotopic (exact) mass is 277 g/mol. The van der Waals surface area contributed by atoms with Crippen LogP contribution in [0, 0.1) is 19.7 Å². The minimum Gasteiger partial charge on any atom is -0.478 e. The molecular formula is C14H12FNO2S. The Balaban J connectivity index is 2.44. The van der Waals surface area contributed by atoms with E-state index >= 15 is 0 Å². The van der Waals surface area contributed by atoms with Gasteiger partial charge in [-0.1, -0.05) is 11.8 Å². The third kappa shape index (κ3) is 3.12. The van der Waals surface area contributed by atoms with E-state index in [0.29, 0.717) is 10.6 Å². The van der Waals surface area contributed by atoms with Crippen LogP contribution >= 0.6 is 11.8 Å². The maximum atomic E-state index is 12.8. The van der Waals surface area contributed by atoms with Gasteiger partial charge in [0.2, 0.25) is 0 Å². The molecule has 0 spiro atoms. The molecule has 1 aromatic heterocycles. The lowest BCUT2D eigenvalue weighted by Crippen LogP contribution is -2.05. The number of aromatic carboxylic acids is 1. The van der Waals surface area contributed by atoms with Gasteiger partial charge in [0.05, 0.1) is 5.56 Å². The molecule has 98 valence electrons. The highest BCUT2D eigenvalue weighted by Gasteiger charge is 2.16. The molecule has 0 aliphatic rings. The maximum absolute atomic E-state index is 12.8. The van der Waals surface area contributed by atoms with Crippen molar-refractivity contribution in [2.45, 2.75) is 23.8 Å². The molecular weight excluding hydrogens is 265 g/mol. The first-order chi connectivity index (χ1) is 8.97. The van der Waals surface area contributed by atoms with Crippen LogP contribution in [0.1, 0.15) is 21.6 Å². The molecule has 2 aromatic rings. The molecule has 0 aliphatic carbocycles. The minimum absolute atomic E-state index is 0.194. The van der Waals surface area contributed by atoms with Crippen LogP contribution in [0.15, 0.2) is 40.3 Å². The minimum atomic E-state index is -1.00. The van der Waals surface area contributed by atoms with Crippen LogP contribution in [-0.2, 0) is 0 Å². The normalized spacial score (nSPS) is 10.5. The standard InChI is InChI=1S/C14H12FNO2S/c1-8-7-9(2)16-13(12(8)14(17)18)19-11-5-3-10(15)4-6-11/h3-7H,1-2H3,(H,17,18). The molecule has 0 saturated heterocycles. The second-order valence-electron chi connectivity index (χ2n) is 4.12. The van der Waals surface area contributed by atoms with Crippen molar-refractivity contribution in [3.8, 4) is 0 Å². The van der Waals surface area contributed by atoms with E-state index in [-0.39, 0.29) is 11.4 Å². The van der Waals surface area contributed by atoms with Gasteiger partial charge in [-0.2, -0.15) is 0 Å². The summed E-state index contributed by atoms with van der Waals surface area (Å²) in [4.78, 5) is 16.3. The molecule has 0 atom stereocenters. The fourth-order valence-corrected chi connectivity index (χ4v) is 2.79. The zero-order valence-electron chi connectivity index (χ0n) is 10.5. The van der Waals surface area contributed by atoms with E-state index in [0.717, 1.165) is 10.6 Å². The summed E-state index contributed by atoms with van der Waals surface area (Å²) in [5, 5.41) is 9.67. The van der Waals surface area contributed by atoms with Gasteiger partial charge in [0.15, 0.2) is 0 Å². The van der Waals surface area contributed by atoms with E-state index in [9.17, 15) is 14.3 Å². The summed E-state index contributed by atoms with van der Waals surface area (Å²) in [7, 11) is 0. The smallest absolute Gasteiger partial charge is 0.338 e. The molecule has 3 nitrogen and oxygen atoms in total. The summed E-state index contributed by atoms with van der Waals surface area (Å²) in [5.41, 5.74) is 1.62. The summed E-state index contributed by atoms with van der Waals surface area (Å²) >= 11 is 1.22. The van der Waals surface area contributed by atoms with Crippen molar-refractivity contribution < 1.29 is 14.3 Å². The summed E-state index contributed by atoms with van der Waals surface area (Å²) in [6, 6.07) is 7.62. The highest BCUT2D eigenvalue weighted by molar-refractivity contribution is 7.99. The Labute approximate surface area is 114 Å². The van der Waals surface area contributed by atoms with E-state index in [1.165, 1.54) is 23.9 Å². The number of rotatable bonds is 3. The van der Waals surface area contributed by atoms with Crippen molar-refractivity contribution in [2.75, 3.05) is 0 Å². The van der Waals surface area contributed by atoms with Crippen molar-refractivity contribution in [3.63, 3.8) is 0 Å². The van der Waals surface area contributed by atoms with Gasteiger partial charge in [-0.3, -0.25) is 0 Å². The number of benzene rings is 1. The van der Waals surface area contributed by atoms with E-state index in [1.54, 1.807) is 25.1 Å². The lowest BCUT2D eigenvalue weighted by Gasteiger charge is -2.09. The van der Waals surface area contributed by atoms with E-state index in [2.05, 4.69) is 4.98 Å². The molecule has 5 heteroatoms.